The number of aliphatic hydroxyl groups excluding tert-OH is 1. The number of nitrogen functional groups attached to an aromatic ring is 1. The fourth-order valence-electron chi connectivity index (χ4n) is 2.91. The molecule has 0 aliphatic heterocycles. The molecule has 152 valence electrons. The highest BCUT2D eigenvalue weighted by Gasteiger charge is 2.17. The molecule has 0 saturated carbocycles. The molecule has 0 saturated heterocycles. The van der Waals surface area contributed by atoms with E-state index in [-0.39, 0.29) is 21.2 Å². The molecule has 6 nitrogen and oxygen atoms in total. The van der Waals surface area contributed by atoms with Crippen LogP contribution in [0.15, 0.2) is 99.4 Å². The molecule has 0 spiro atoms. The molecular formula is C23H21N3O3S. The van der Waals surface area contributed by atoms with Crippen molar-refractivity contribution in [2.45, 2.75) is 16.7 Å². The van der Waals surface area contributed by atoms with Crippen molar-refractivity contribution in [3.05, 3.63) is 90.5 Å². The number of sulfone groups is 1. The second kappa shape index (κ2) is 8.75. The van der Waals surface area contributed by atoms with Gasteiger partial charge < -0.3 is 10.8 Å². The smallest absolute Gasteiger partial charge is 0.206 e. The molecule has 0 unspecified atom stereocenters. The molecule has 0 bridgehead atoms. The van der Waals surface area contributed by atoms with Gasteiger partial charge in [0.1, 0.15) is 11.4 Å². The summed E-state index contributed by atoms with van der Waals surface area (Å²) in [5.41, 5.74) is 8.16. The molecule has 0 heterocycles. The van der Waals surface area contributed by atoms with E-state index >= 15 is 0 Å². The molecule has 0 aliphatic rings. The molecular weight excluding hydrogens is 398 g/mol. The van der Waals surface area contributed by atoms with Crippen molar-refractivity contribution < 1.29 is 13.5 Å². The predicted molar refractivity (Wildman–Crippen MR) is 120 cm³/mol. The first-order chi connectivity index (χ1) is 14.3. The van der Waals surface area contributed by atoms with E-state index in [0.29, 0.717) is 22.5 Å². The van der Waals surface area contributed by atoms with E-state index in [0.717, 1.165) is 0 Å². The zero-order valence-electron chi connectivity index (χ0n) is 16.4. The number of aliphatic hydroxyl groups is 1. The van der Waals surface area contributed by atoms with Gasteiger partial charge in [-0.25, -0.2) is 8.42 Å². The summed E-state index contributed by atoms with van der Waals surface area (Å²) in [6.45, 7) is 5.41. The summed E-state index contributed by atoms with van der Waals surface area (Å²) in [5, 5.41) is 18.2. The average molecular weight is 420 g/mol. The predicted octanol–water partition coefficient (Wildman–Crippen LogP) is 6.08. The van der Waals surface area contributed by atoms with Crippen LogP contribution in [0, 0.1) is 0 Å². The Morgan fingerprint density at radius 1 is 1.00 bits per heavy atom. The van der Waals surface area contributed by atoms with Gasteiger partial charge in [0, 0.05) is 5.56 Å². The van der Waals surface area contributed by atoms with Gasteiger partial charge >= 0.3 is 0 Å². The molecule has 0 fully saturated rings. The third-order valence-corrected chi connectivity index (χ3v) is 6.11. The second-order valence-electron chi connectivity index (χ2n) is 6.42. The van der Waals surface area contributed by atoms with Crippen molar-refractivity contribution in [1.82, 2.24) is 0 Å². The van der Waals surface area contributed by atoms with Crippen LogP contribution >= 0.6 is 0 Å². The molecule has 3 aromatic carbocycles. The molecule has 0 radical (unpaired) electrons. The topological polar surface area (TPSA) is 105 Å². The van der Waals surface area contributed by atoms with E-state index in [1.165, 1.54) is 12.1 Å². The maximum atomic E-state index is 12.8. The number of azo groups is 1. The van der Waals surface area contributed by atoms with Gasteiger partial charge in [-0.2, -0.15) is 5.11 Å². The standard InChI is InChI=1S/C23H21N3O3S/c1-3-8-17-13-14-21(23(24)22(17)16(2)27)26-25-18-9-7-12-20(15-18)30(28,29)19-10-5-4-6-11-19/h3-15,27H,2,24H2,1H3/b8-3-,26-25-. The third-order valence-electron chi connectivity index (χ3n) is 4.34. The number of benzene rings is 3. The zero-order valence-corrected chi connectivity index (χ0v) is 17.2. The number of nitrogens with two attached hydrogens (primary N) is 1. The lowest BCUT2D eigenvalue weighted by Crippen LogP contribution is -2.01. The first kappa shape index (κ1) is 21.0. The normalized spacial score (nSPS) is 11.9. The fourth-order valence-corrected chi connectivity index (χ4v) is 4.23. The first-order valence-electron chi connectivity index (χ1n) is 9.10. The van der Waals surface area contributed by atoms with Crippen LogP contribution in [0.4, 0.5) is 17.1 Å². The maximum Gasteiger partial charge on any atom is 0.206 e. The minimum Gasteiger partial charge on any atom is -0.508 e. The monoisotopic (exact) mass is 419 g/mol. The number of hydrogen-bond acceptors (Lipinski definition) is 6. The van der Waals surface area contributed by atoms with E-state index in [2.05, 4.69) is 16.8 Å². The number of hydrogen-bond donors (Lipinski definition) is 2. The largest absolute Gasteiger partial charge is 0.508 e. The summed E-state index contributed by atoms with van der Waals surface area (Å²) >= 11 is 0. The van der Waals surface area contributed by atoms with E-state index in [9.17, 15) is 13.5 Å². The van der Waals surface area contributed by atoms with Crippen LogP contribution in [0.25, 0.3) is 11.8 Å². The number of rotatable bonds is 6. The summed E-state index contributed by atoms with van der Waals surface area (Å²) in [6, 6.07) is 17.8. The summed E-state index contributed by atoms with van der Waals surface area (Å²) in [4.78, 5) is 0.319. The maximum absolute atomic E-state index is 12.8. The average Bonchev–Trinajstić information content (AvgIpc) is 2.74. The molecule has 3 rings (SSSR count). The lowest BCUT2D eigenvalue weighted by Gasteiger charge is -2.10. The molecule has 3 N–H and O–H groups in total. The fraction of sp³-hybridized carbons (Fsp3) is 0.0435. The van der Waals surface area contributed by atoms with Crippen molar-refractivity contribution >= 4 is 38.7 Å². The Morgan fingerprint density at radius 3 is 2.37 bits per heavy atom. The van der Waals surface area contributed by atoms with E-state index in [1.54, 1.807) is 60.7 Å². The van der Waals surface area contributed by atoms with Crippen LogP contribution in [-0.4, -0.2) is 13.5 Å². The Balaban J connectivity index is 1.98. The Hall–Kier alpha value is -3.71. The van der Waals surface area contributed by atoms with Gasteiger partial charge in [-0.15, -0.1) is 5.11 Å². The summed E-state index contributed by atoms with van der Waals surface area (Å²) in [6.07, 6.45) is 3.62. The van der Waals surface area contributed by atoms with Gasteiger partial charge in [0.2, 0.25) is 9.84 Å². The lowest BCUT2D eigenvalue weighted by molar-refractivity contribution is 0.514. The van der Waals surface area contributed by atoms with Gasteiger partial charge in [0.25, 0.3) is 0 Å². The minimum absolute atomic E-state index is 0.117. The van der Waals surface area contributed by atoms with Crippen molar-refractivity contribution in [2.75, 3.05) is 5.73 Å². The molecule has 0 aromatic heterocycles. The second-order valence-corrected chi connectivity index (χ2v) is 8.37. The van der Waals surface area contributed by atoms with Crippen molar-refractivity contribution in [2.24, 2.45) is 10.2 Å². The summed E-state index contributed by atoms with van der Waals surface area (Å²) in [5.74, 6) is -0.173. The van der Waals surface area contributed by atoms with Crippen molar-refractivity contribution in [1.29, 1.82) is 0 Å². The zero-order chi connectivity index (χ0) is 21.7. The number of allylic oxidation sites excluding steroid dienone is 1. The Morgan fingerprint density at radius 2 is 1.70 bits per heavy atom. The van der Waals surface area contributed by atoms with Crippen LogP contribution < -0.4 is 5.73 Å². The van der Waals surface area contributed by atoms with Gasteiger partial charge in [-0.1, -0.05) is 49.1 Å². The minimum atomic E-state index is -3.66. The quantitative estimate of drug-likeness (QED) is 0.287. The molecule has 0 aliphatic carbocycles. The van der Waals surface area contributed by atoms with Crippen LogP contribution in [0.2, 0.25) is 0 Å². The highest BCUT2D eigenvalue weighted by molar-refractivity contribution is 7.91. The lowest BCUT2D eigenvalue weighted by atomic mass is 10.0. The Bertz CT molecular complexity index is 1250. The SMILES string of the molecule is C=C(O)c1c(/C=C\C)ccc(/N=N\c2cccc(S(=O)(=O)c3ccccc3)c2)c1N. The molecule has 0 amide bonds. The van der Waals surface area contributed by atoms with Gasteiger partial charge in [0.05, 0.1) is 21.2 Å². The van der Waals surface area contributed by atoms with E-state index < -0.39 is 9.84 Å². The Labute approximate surface area is 175 Å². The van der Waals surface area contributed by atoms with Crippen LogP contribution in [0.5, 0.6) is 0 Å². The van der Waals surface area contributed by atoms with Crippen LogP contribution in [0.3, 0.4) is 0 Å². The van der Waals surface area contributed by atoms with E-state index in [1.807, 2.05) is 13.0 Å². The van der Waals surface area contributed by atoms with Crippen LogP contribution in [0.1, 0.15) is 18.1 Å². The van der Waals surface area contributed by atoms with Crippen LogP contribution in [-0.2, 0) is 9.84 Å². The molecule has 0 atom stereocenters. The highest BCUT2D eigenvalue weighted by atomic mass is 32.2. The summed E-state index contributed by atoms with van der Waals surface area (Å²) in [7, 11) is -3.66. The summed E-state index contributed by atoms with van der Waals surface area (Å²) < 4.78 is 25.6. The highest BCUT2D eigenvalue weighted by Crippen LogP contribution is 2.34. The number of nitrogens with zero attached hydrogens (tertiary/aromatic N) is 2. The first-order valence-corrected chi connectivity index (χ1v) is 10.6. The molecule has 3 aromatic rings. The van der Waals surface area contributed by atoms with E-state index in [4.69, 9.17) is 5.73 Å². The van der Waals surface area contributed by atoms with Gasteiger partial charge in [-0.3, -0.25) is 0 Å². The van der Waals surface area contributed by atoms with Gasteiger partial charge in [-0.05, 0) is 48.9 Å². The van der Waals surface area contributed by atoms with Crippen molar-refractivity contribution in [3.63, 3.8) is 0 Å². The molecule has 30 heavy (non-hydrogen) atoms. The molecule has 7 heteroatoms. The number of anilines is 1. The van der Waals surface area contributed by atoms with Gasteiger partial charge in [0.15, 0.2) is 0 Å². The Kier molecular flexibility index (Phi) is 6.13. The van der Waals surface area contributed by atoms with Crippen molar-refractivity contribution in [3.8, 4) is 0 Å². The third kappa shape index (κ3) is 4.31.